The van der Waals surface area contributed by atoms with Crippen molar-refractivity contribution in [2.24, 2.45) is 21.7 Å². The number of imidazole rings is 1. The van der Waals surface area contributed by atoms with Crippen molar-refractivity contribution in [1.82, 2.24) is 9.55 Å². The number of thioether (sulfide) groups is 1. The zero-order valence-electron chi connectivity index (χ0n) is 11.0. The van der Waals surface area contributed by atoms with Crippen molar-refractivity contribution < 1.29 is 0 Å². The van der Waals surface area contributed by atoms with E-state index in [-0.39, 0.29) is 18.4 Å². The Bertz CT molecular complexity index is 747. The molecule has 0 aliphatic carbocycles. The molecule has 11 heteroatoms. The lowest BCUT2D eigenvalue weighted by atomic mass is 10.2. The molecule has 0 saturated heterocycles. The number of rotatable bonds is 3. The van der Waals surface area contributed by atoms with Crippen LogP contribution in [-0.4, -0.2) is 27.5 Å². The van der Waals surface area contributed by atoms with Gasteiger partial charge in [0.05, 0.1) is 16.2 Å². The predicted molar refractivity (Wildman–Crippen MR) is 96.9 cm³/mol. The quantitative estimate of drug-likeness (QED) is 0.473. The van der Waals surface area contributed by atoms with Crippen molar-refractivity contribution in [2.45, 2.75) is 11.7 Å². The van der Waals surface area contributed by atoms with Crippen molar-refractivity contribution in [3.63, 3.8) is 0 Å². The average Bonchev–Trinajstić information content (AvgIpc) is 3.05. The van der Waals surface area contributed by atoms with E-state index in [9.17, 15) is 0 Å². The lowest BCUT2D eigenvalue weighted by Crippen LogP contribution is -2.21. The van der Waals surface area contributed by atoms with Gasteiger partial charge in [0.1, 0.15) is 10.0 Å². The standard InChI is InChI=1S/C11H10Cl2N6S2.ClH/c12-7-3-5(9(13)21-7)8-6(4-16-18-10(14)15)19-1-2-20-11(19)17-8;/h3-4H,1-2H2,(H4,14,15,18);1H/b16-4+;. The Labute approximate surface area is 151 Å². The van der Waals surface area contributed by atoms with Gasteiger partial charge in [-0.05, 0) is 6.07 Å². The molecular weight excluding hydrogens is 387 g/mol. The number of halogens is 3. The fourth-order valence-corrected chi connectivity index (χ4v) is 4.40. The van der Waals surface area contributed by atoms with Crippen molar-refractivity contribution in [3.05, 3.63) is 20.4 Å². The highest BCUT2D eigenvalue weighted by Gasteiger charge is 2.24. The maximum atomic E-state index is 6.22. The van der Waals surface area contributed by atoms with Gasteiger partial charge in [-0.15, -0.1) is 28.8 Å². The molecule has 0 atom stereocenters. The largest absolute Gasteiger partial charge is 0.369 e. The smallest absolute Gasteiger partial charge is 0.211 e. The molecule has 1 aliphatic rings. The van der Waals surface area contributed by atoms with Crippen LogP contribution in [0.3, 0.4) is 0 Å². The molecule has 1 aliphatic heterocycles. The number of hydrogen-bond acceptors (Lipinski definition) is 5. The molecular formula is C11H11Cl3N6S2. The van der Waals surface area contributed by atoms with Crippen LogP contribution in [0.1, 0.15) is 5.69 Å². The summed E-state index contributed by atoms with van der Waals surface area (Å²) in [7, 11) is 0. The molecule has 0 unspecified atom stereocenters. The van der Waals surface area contributed by atoms with Crippen LogP contribution < -0.4 is 11.5 Å². The van der Waals surface area contributed by atoms with Crippen molar-refractivity contribution in [1.29, 1.82) is 0 Å². The molecule has 0 saturated carbocycles. The van der Waals surface area contributed by atoms with Crippen LogP contribution in [-0.2, 0) is 6.54 Å². The second-order valence-electron chi connectivity index (χ2n) is 4.14. The van der Waals surface area contributed by atoms with Gasteiger partial charge < -0.3 is 16.0 Å². The summed E-state index contributed by atoms with van der Waals surface area (Å²) in [5.41, 5.74) is 12.9. The average molecular weight is 398 g/mol. The normalized spacial score (nSPS) is 13.2. The molecule has 3 heterocycles. The van der Waals surface area contributed by atoms with Gasteiger partial charge in [-0.1, -0.05) is 35.0 Å². The predicted octanol–water partition coefficient (Wildman–Crippen LogP) is 3.05. The van der Waals surface area contributed by atoms with Gasteiger partial charge in [0.2, 0.25) is 5.96 Å². The van der Waals surface area contributed by atoms with Crippen molar-refractivity contribution in [3.8, 4) is 11.3 Å². The Morgan fingerprint density at radius 2 is 2.18 bits per heavy atom. The molecule has 4 N–H and O–H groups in total. The summed E-state index contributed by atoms with van der Waals surface area (Å²) in [6, 6.07) is 1.80. The van der Waals surface area contributed by atoms with E-state index in [0.29, 0.717) is 8.67 Å². The zero-order valence-corrected chi connectivity index (χ0v) is 15.0. The van der Waals surface area contributed by atoms with E-state index in [1.165, 1.54) is 11.3 Å². The minimum Gasteiger partial charge on any atom is -0.369 e. The number of guanidine groups is 1. The molecule has 0 bridgehead atoms. The summed E-state index contributed by atoms with van der Waals surface area (Å²) in [5, 5.41) is 8.43. The van der Waals surface area contributed by atoms with Gasteiger partial charge in [-0.3, -0.25) is 0 Å². The highest BCUT2D eigenvalue weighted by molar-refractivity contribution is 7.99. The Morgan fingerprint density at radius 3 is 2.82 bits per heavy atom. The minimum atomic E-state index is -0.0973. The first-order valence-corrected chi connectivity index (χ1v) is 8.42. The van der Waals surface area contributed by atoms with Crippen LogP contribution >= 0.6 is 58.7 Å². The van der Waals surface area contributed by atoms with E-state index in [0.717, 1.165) is 34.4 Å². The van der Waals surface area contributed by atoms with Gasteiger partial charge in [0.15, 0.2) is 5.16 Å². The first kappa shape index (κ1) is 17.4. The highest BCUT2D eigenvalue weighted by Crippen LogP contribution is 2.41. The van der Waals surface area contributed by atoms with Crippen molar-refractivity contribution in [2.75, 3.05) is 5.75 Å². The SMILES string of the molecule is Cl.NC(N)=N/N=C/c1c(-c2cc(Cl)sc2Cl)nc2n1CCS2. The van der Waals surface area contributed by atoms with Crippen LogP contribution in [0, 0.1) is 0 Å². The Balaban J connectivity index is 0.00000176. The van der Waals surface area contributed by atoms with E-state index in [4.69, 9.17) is 34.7 Å². The van der Waals surface area contributed by atoms with Gasteiger partial charge in [0.25, 0.3) is 0 Å². The topological polar surface area (TPSA) is 94.6 Å². The van der Waals surface area contributed by atoms with Gasteiger partial charge in [-0.25, -0.2) is 4.98 Å². The van der Waals surface area contributed by atoms with E-state index < -0.39 is 0 Å². The van der Waals surface area contributed by atoms with E-state index in [1.54, 1.807) is 24.0 Å². The molecule has 22 heavy (non-hydrogen) atoms. The fourth-order valence-electron chi connectivity index (χ4n) is 1.98. The number of nitrogens with zero attached hydrogens (tertiary/aromatic N) is 4. The molecule has 6 nitrogen and oxygen atoms in total. The monoisotopic (exact) mass is 396 g/mol. The van der Waals surface area contributed by atoms with Crippen molar-refractivity contribution >= 4 is 70.9 Å². The number of thiophene rings is 1. The van der Waals surface area contributed by atoms with Crippen LogP contribution in [0.15, 0.2) is 21.4 Å². The second-order valence-corrected chi connectivity index (χ2v) is 7.48. The summed E-state index contributed by atoms with van der Waals surface area (Å²) < 4.78 is 3.27. The van der Waals surface area contributed by atoms with E-state index in [2.05, 4.69) is 19.8 Å². The Morgan fingerprint density at radius 1 is 1.41 bits per heavy atom. The molecule has 0 aromatic carbocycles. The number of fused-ring (bicyclic) bond motifs is 1. The Kier molecular flexibility index (Phi) is 5.62. The first-order chi connectivity index (χ1) is 10.1. The molecule has 0 spiro atoms. The minimum absolute atomic E-state index is 0. The molecule has 2 aromatic heterocycles. The third-order valence-electron chi connectivity index (χ3n) is 2.78. The molecule has 2 aromatic rings. The van der Waals surface area contributed by atoms with Gasteiger partial charge >= 0.3 is 0 Å². The molecule has 0 amide bonds. The second kappa shape index (κ2) is 7.10. The van der Waals surface area contributed by atoms with Crippen LogP contribution in [0.4, 0.5) is 0 Å². The molecule has 0 fully saturated rings. The Hall–Kier alpha value is -0.930. The third-order valence-corrected chi connectivity index (χ3v) is 5.23. The lowest BCUT2D eigenvalue weighted by molar-refractivity contribution is 0.715. The van der Waals surface area contributed by atoms with Gasteiger partial charge in [0, 0.05) is 17.9 Å². The summed E-state index contributed by atoms with van der Waals surface area (Å²) in [4.78, 5) is 4.62. The van der Waals surface area contributed by atoms with Crippen LogP contribution in [0.5, 0.6) is 0 Å². The third kappa shape index (κ3) is 3.36. The van der Waals surface area contributed by atoms with Crippen LogP contribution in [0.2, 0.25) is 8.67 Å². The lowest BCUT2D eigenvalue weighted by Gasteiger charge is -2.01. The zero-order chi connectivity index (χ0) is 15.0. The molecule has 118 valence electrons. The highest BCUT2D eigenvalue weighted by atomic mass is 35.5. The number of aromatic nitrogens is 2. The molecule has 0 radical (unpaired) electrons. The first-order valence-electron chi connectivity index (χ1n) is 5.86. The van der Waals surface area contributed by atoms with E-state index >= 15 is 0 Å². The number of hydrogen-bond donors (Lipinski definition) is 2. The summed E-state index contributed by atoms with van der Waals surface area (Å²) in [6.07, 6.45) is 1.58. The summed E-state index contributed by atoms with van der Waals surface area (Å²) >= 11 is 15.2. The van der Waals surface area contributed by atoms with Gasteiger partial charge in [-0.2, -0.15) is 5.10 Å². The summed E-state index contributed by atoms with van der Waals surface area (Å²) in [5.74, 6) is 0.879. The maximum Gasteiger partial charge on any atom is 0.211 e. The van der Waals surface area contributed by atoms with E-state index in [1.807, 2.05) is 0 Å². The summed E-state index contributed by atoms with van der Waals surface area (Å²) in [6.45, 7) is 0.853. The fraction of sp³-hybridized carbons (Fsp3) is 0.182. The number of nitrogens with two attached hydrogens (primary N) is 2. The van der Waals surface area contributed by atoms with Crippen LogP contribution in [0.25, 0.3) is 11.3 Å². The molecule has 3 rings (SSSR count). The maximum absolute atomic E-state index is 6.22.